The van der Waals surface area contributed by atoms with Gasteiger partial charge in [0.25, 0.3) is 5.91 Å². The van der Waals surface area contributed by atoms with E-state index >= 15 is 0 Å². The lowest BCUT2D eigenvalue weighted by Crippen LogP contribution is -2.23. The van der Waals surface area contributed by atoms with Gasteiger partial charge in [-0.1, -0.05) is 0 Å². The van der Waals surface area contributed by atoms with Gasteiger partial charge >= 0.3 is 0 Å². The number of pyridine rings is 1. The lowest BCUT2D eigenvalue weighted by molar-refractivity contribution is 0.0821. The lowest BCUT2D eigenvalue weighted by Gasteiger charge is -2.14. The molecule has 0 aliphatic carbocycles. The molecule has 1 atom stereocenters. The Bertz CT molecular complexity index is 400. The van der Waals surface area contributed by atoms with Gasteiger partial charge in [0.2, 0.25) is 0 Å². The van der Waals surface area contributed by atoms with Crippen LogP contribution in [0.1, 0.15) is 16.9 Å². The van der Waals surface area contributed by atoms with Gasteiger partial charge in [0, 0.05) is 32.9 Å². The fourth-order valence-electron chi connectivity index (χ4n) is 1.75. The zero-order valence-corrected chi connectivity index (χ0v) is 10.1. The maximum absolute atomic E-state index is 11.7. The molecule has 1 aliphatic heterocycles. The molecule has 2 rings (SSSR count). The van der Waals surface area contributed by atoms with Crippen molar-refractivity contribution in [2.24, 2.45) is 0 Å². The van der Waals surface area contributed by atoms with Crippen molar-refractivity contribution in [3.63, 3.8) is 0 Å². The van der Waals surface area contributed by atoms with Gasteiger partial charge in [-0.3, -0.25) is 9.78 Å². The molecule has 92 valence electrons. The number of hydrogen-bond acceptors (Lipinski definition) is 4. The van der Waals surface area contributed by atoms with Crippen LogP contribution in [0.4, 0.5) is 0 Å². The van der Waals surface area contributed by atoms with Gasteiger partial charge in [-0.05, 0) is 19.0 Å². The first-order chi connectivity index (χ1) is 8.16. The lowest BCUT2D eigenvalue weighted by atomic mass is 10.3. The van der Waals surface area contributed by atoms with E-state index < -0.39 is 0 Å². The van der Waals surface area contributed by atoms with Crippen molar-refractivity contribution in [3.8, 4) is 5.75 Å². The minimum absolute atomic E-state index is 0.111. The SMILES string of the molecule is CN(C)C(=O)c1cc(OC2CCNC2)ccn1. The standard InChI is InChI=1S/C12H17N3O2/c1-15(2)12(16)11-7-9(4-6-14-11)17-10-3-5-13-8-10/h4,6-7,10,13H,3,5,8H2,1-2H3. The largest absolute Gasteiger partial charge is 0.489 e. The van der Waals surface area contributed by atoms with Crippen molar-refractivity contribution in [3.05, 3.63) is 24.0 Å². The first-order valence-corrected chi connectivity index (χ1v) is 5.72. The molecule has 0 bridgehead atoms. The molecule has 1 fully saturated rings. The van der Waals surface area contributed by atoms with Crippen LogP contribution in [0.15, 0.2) is 18.3 Å². The number of rotatable bonds is 3. The van der Waals surface area contributed by atoms with E-state index in [1.54, 1.807) is 32.4 Å². The highest BCUT2D eigenvalue weighted by molar-refractivity contribution is 5.92. The fraction of sp³-hybridized carbons (Fsp3) is 0.500. The van der Waals surface area contributed by atoms with Crippen molar-refractivity contribution in [2.75, 3.05) is 27.2 Å². The van der Waals surface area contributed by atoms with E-state index in [0.29, 0.717) is 11.4 Å². The summed E-state index contributed by atoms with van der Waals surface area (Å²) in [6, 6.07) is 3.48. The zero-order chi connectivity index (χ0) is 12.3. The Labute approximate surface area is 101 Å². The number of aromatic nitrogens is 1. The van der Waals surface area contributed by atoms with Crippen molar-refractivity contribution in [2.45, 2.75) is 12.5 Å². The summed E-state index contributed by atoms with van der Waals surface area (Å²) in [7, 11) is 3.41. The second-order valence-electron chi connectivity index (χ2n) is 4.31. The molecule has 0 spiro atoms. The molecule has 1 aromatic rings. The molecule has 17 heavy (non-hydrogen) atoms. The number of nitrogens with zero attached hydrogens (tertiary/aromatic N) is 2. The molecule has 1 N–H and O–H groups in total. The summed E-state index contributed by atoms with van der Waals surface area (Å²) < 4.78 is 5.77. The number of amides is 1. The van der Waals surface area contributed by atoms with Crippen LogP contribution in [0, 0.1) is 0 Å². The highest BCUT2D eigenvalue weighted by atomic mass is 16.5. The molecule has 1 amide bonds. The molecule has 1 aliphatic rings. The van der Waals surface area contributed by atoms with Crippen LogP contribution in [0.3, 0.4) is 0 Å². The second-order valence-corrected chi connectivity index (χ2v) is 4.31. The van der Waals surface area contributed by atoms with Crippen LogP contribution in [0.25, 0.3) is 0 Å². The molecule has 1 aromatic heterocycles. The van der Waals surface area contributed by atoms with Crippen LogP contribution in [0.2, 0.25) is 0 Å². The molecule has 5 nitrogen and oxygen atoms in total. The summed E-state index contributed by atoms with van der Waals surface area (Å²) in [5, 5.41) is 3.23. The minimum atomic E-state index is -0.111. The van der Waals surface area contributed by atoms with Gasteiger partial charge in [0.05, 0.1) is 0 Å². The van der Waals surface area contributed by atoms with Crippen molar-refractivity contribution in [1.82, 2.24) is 15.2 Å². The number of carbonyl (C=O) groups is 1. The van der Waals surface area contributed by atoms with E-state index in [1.165, 1.54) is 4.90 Å². The predicted molar refractivity (Wildman–Crippen MR) is 64.2 cm³/mol. The Kier molecular flexibility index (Phi) is 3.58. The first-order valence-electron chi connectivity index (χ1n) is 5.72. The first kappa shape index (κ1) is 11.9. The Balaban J connectivity index is 2.08. The van der Waals surface area contributed by atoms with E-state index in [0.717, 1.165) is 19.5 Å². The van der Waals surface area contributed by atoms with Gasteiger partial charge in [0.1, 0.15) is 17.5 Å². The third-order valence-electron chi connectivity index (χ3n) is 2.67. The Hall–Kier alpha value is -1.62. The third-order valence-corrected chi connectivity index (χ3v) is 2.67. The highest BCUT2D eigenvalue weighted by Gasteiger charge is 2.17. The Morgan fingerprint density at radius 3 is 3.06 bits per heavy atom. The fourth-order valence-corrected chi connectivity index (χ4v) is 1.75. The quantitative estimate of drug-likeness (QED) is 0.830. The molecule has 1 saturated heterocycles. The van der Waals surface area contributed by atoms with E-state index in [9.17, 15) is 4.79 Å². The van der Waals surface area contributed by atoms with Crippen LogP contribution in [-0.2, 0) is 0 Å². The van der Waals surface area contributed by atoms with Crippen molar-refractivity contribution in [1.29, 1.82) is 0 Å². The molecule has 0 saturated carbocycles. The summed E-state index contributed by atoms with van der Waals surface area (Å²) >= 11 is 0. The van der Waals surface area contributed by atoms with Gasteiger partial charge in [-0.15, -0.1) is 0 Å². The Morgan fingerprint density at radius 2 is 2.41 bits per heavy atom. The van der Waals surface area contributed by atoms with E-state index in [1.807, 2.05) is 0 Å². The van der Waals surface area contributed by atoms with E-state index in [2.05, 4.69) is 10.3 Å². The normalized spacial score (nSPS) is 19.1. The maximum Gasteiger partial charge on any atom is 0.272 e. The van der Waals surface area contributed by atoms with Crippen LogP contribution >= 0.6 is 0 Å². The van der Waals surface area contributed by atoms with Crippen LogP contribution in [-0.4, -0.2) is 49.1 Å². The highest BCUT2D eigenvalue weighted by Crippen LogP contribution is 2.16. The molecular formula is C12H17N3O2. The number of carbonyl (C=O) groups excluding carboxylic acids is 1. The second kappa shape index (κ2) is 5.14. The van der Waals surface area contributed by atoms with Gasteiger partial charge in [-0.25, -0.2) is 0 Å². The molecule has 1 unspecified atom stereocenters. The number of ether oxygens (including phenoxy) is 1. The molecular weight excluding hydrogens is 218 g/mol. The van der Waals surface area contributed by atoms with Gasteiger partial charge < -0.3 is 15.0 Å². The van der Waals surface area contributed by atoms with E-state index in [4.69, 9.17) is 4.74 Å². The molecule has 5 heteroatoms. The third kappa shape index (κ3) is 2.94. The van der Waals surface area contributed by atoms with Crippen molar-refractivity contribution < 1.29 is 9.53 Å². The summed E-state index contributed by atoms with van der Waals surface area (Å²) in [5.74, 6) is 0.596. The van der Waals surface area contributed by atoms with Crippen LogP contribution < -0.4 is 10.1 Å². The average Bonchev–Trinajstić information content (AvgIpc) is 2.81. The summed E-state index contributed by atoms with van der Waals surface area (Å²) in [4.78, 5) is 17.3. The van der Waals surface area contributed by atoms with Gasteiger partial charge in [-0.2, -0.15) is 0 Å². The number of hydrogen-bond donors (Lipinski definition) is 1. The minimum Gasteiger partial charge on any atom is -0.489 e. The summed E-state index contributed by atoms with van der Waals surface area (Å²) in [6.45, 7) is 1.85. The molecule has 0 radical (unpaired) electrons. The smallest absolute Gasteiger partial charge is 0.272 e. The maximum atomic E-state index is 11.7. The average molecular weight is 235 g/mol. The molecule has 0 aromatic carbocycles. The number of nitrogens with one attached hydrogen (secondary N) is 1. The van der Waals surface area contributed by atoms with Gasteiger partial charge in [0.15, 0.2) is 0 Å². The Morgan fingerprint density at radius 1 is 1.59 bits per heavy atom. The zero-order valence-electron chi connectivity index (χ0n) is 10.1. The van der Waals surface area contributed by atoms with Crippen molar-refractivity contribution >= 4 is 5.91 Å². The summed E-state index contributed by atoms with van der Waals surface area (Å²) in [6.07, 6.45) is 2.80. The summed E-state index contributed by atoms with van der Waals surface area (Å²) in [5.41, 5.74) is 0.415. The monoisotopic (exact) mass is 235 g/mol. The predicted octanol–water partition coefficient (Wildman–Crippen LogP) is 0.524. The topological polar surface area (TPSA) is 54.5 Å². The van der Waals surface area contributed by atoms with E-state index in [-0.39, 0.29) is 12.0 Å². The van der Waals surface area contributed by atoms with Crippen LogP contribution in [0.5, 0.6) is 5.75 Å². The molecule has 2 heterocycles.